The molecule has 0 fully saturated rings. The lowest BCUT2D eigenvalue weighted by Gasteiger charge is -2.14. The number of nitrogens with zero attached hydrogens (tertiary/aromatic N) is 4. The Morgan fingerprint density at radius 3 is 1.63 bits per heavy atom. The summed E-state index contributed by atoms with van der Waals surface area (Å²) < 4.78 is 103. The summed E-state index contributed by atoms with van der Waals surface area (Å²) in [5.74, 6) is 0. The van der Waals surface area contributed by atoms with Crippen molar-refractivity contribution in [2.45, 2.75) is 13.3 Å². The summed E-state index contributed by atoms with van der Waals surface area (Å²) in [4.78, 5) is 0. The molecule has 19 heavy (non-hydrogen) atoms. The molecule has 0 aromatic heterocycles. The molecule has 5 nitrogen and oxygen atoms in total. The number of hydrogen-bond donors (Lipinski definition) is 0. The highest BCUT2D eigenvalue weighted by atomic mass is 31.3. The molecule has 0 N–H and O–H groups in total. The summed E-state index contributed by atoms with van der Waals surface area (Å²) in [5, 5.41) is 0. The van der Waals surface area contributed by atoms with Crippen LogP contribution in [0.2, 0.25) is 0 Å². The van der Waals surface area contributed by atoms with Gasteiger partial charge in [-0.25, -0.2) is 0 Å². The van der Waals surface area contributed by atoms with Gasteiger partial charge in [0, 0.05) is 0 Å². The minimum absolute atomic E-state index is 0.113. The predicted octanol–water partition coefficient (Wildman–Crippen LogP) is 8.00. The molecule has 1 unspecified atom stereocenters. The maximum atomic E-state index is 13.7. The van der Waals surface area contributed by atoms with Gasteiger partial charge in [0.1, 0.15) is 0 Å². The second-order valence-corrected chi connectivity index (χ2v) is 9.83. The quantitative estimate of drug-likeness (QED) is 0.366. The molecule has 0 amide bonds. The third-order valence-corrected chi connectivity index (χ3v) is 8.77. The molecule has 0 aromatic rings. The Kier molecular flexibility index (Phi) is 5.18. The maximum absolute atomic E-state index is 13.7. The van der Waals surface area contributed by atoms with Crippen LogP contribution < -0.4 is 0 Å². The summed E-state index contributed by atoms with van der Waals surface area (Å²) in [5.41, 5.74) is 0. The van der Waals surface area contributed by atoms with Gasteiger partial charge in [0.2, 0.25) is 0 Å². The molecule has 0 bridgehead atoms. The molecule has 1 atom stereocenters. The van der Waals surface area contributed by atoms with E-state index in [1.807, 2.05) is 9.03 Å². The first kappa shape index (κ1) is 17.4. The topological polar surface area (TPSA) is 58.7 Å². The van der Waals surface area contributed by atoms with E-state index >= 15 is 0 Å². The van der Waals surface area contributed by atoms with E-state index in [4.69, 9.17) is 0 Å². The third kappa shape index (κ3) is 5.72. The number of hydrogen-bond acceptors (Lipinski definition) is 5. The minimum atomic E-state index is -6.28. The van der Waals surface area contributed by atoms with Crippen molar-refractivity contribution in [2.75, 3.05) is 6.61 Å². The van der Waals surface area contributed by atoms with Gasteiger partial charge in [0.15, 0.2) is 0 Å². The molecular formula is C3H7F7N4OP4. The van der Waals surface area contributed by atoms with Crippen molar-refractivity contribution in [3.8, 4) is 0 Å². The van der Waals surface area contributed by atoms with Crippen molar-refractivity contribution < 1.29 is 33.9 Å². The van der Waals surface area contributed by atoms with Crippen LogP contribution in [-0.4, -0.2) is 6.61 Å². The average Bonchev–Trinajstić information content (AvgIpc) is 2.06. The lowest BCUT2D eigenvalue weighted by atomic mass is 10.5. The monoisotopic (exact) mass is 372 g/mol. The van der Waals surface area contributed by atoms with E-state index < -0.39 is 37.8 Å². The van der Waals surface area contributed by atoms with Crippen molar-refractivity contribution in [1.29, 1.82) is 0 Å². The Hall–Kier alpha value is 0.390. The first-order valence-electron chi connectivity index (χ1n) is 4.46. The van der Waals surface area contributed by atoms with Gasteiger partial charge in [-0.05, 0) is 6.42 Å². The Bertz CT molecular complexity index is 567. The number of rotatable bonds is 3. The summed E-state index contributed by atoms with van der Waals surface area (Å²) in [6, 6.07) is 0. The van der Waals surface area contributed by atoms with Crippen LogP contribution in [0.1, 0.15) is 13.3 Å². The molecule has 0 saturated heterocycles. The highest BCUT2D eigenvalue weighted by Gasteiger charge is 2.40. The van der Waals surface area contributed by atoms with E-state index in [-0.39, 0.29) is 6.42 Å². The zero-order valence-corrected chi connectivity index (χ0v) is 12.6. The minimum Gasteiger partial charge on any atom is -0.303 e. The Labute approximate surface area is 104 Å². The fourth-order valence-corrected chi connectivity index (χ4v) is 7.74. The largest absolute Gasteiger partial charge is 0.425 e. The van der Waals surface area contributed by atoms with Crippen LogP contribution in [0, 0.1) is 0 Å². The fourth-order valence-electron chi connectivity index (χ4n) is 0.855. The average molecular weight is 372 g/mol. The molecule has 0 spiro atoms. The highest BCUT2D eigenvalue weighted by Crippen LogP contribution is 2.82. The van der Waals surface area contributed by atoms with Crippen molar-refractivity contribution in [2.24, 2.45) is 18.1 Å². The van der Waals surface area contributed by atoms with E-state index in [1.54, 1.807) is 9.03 Å². The second kappa shape index (κ2) is 5.64. The third-order valence-electron chi connectivity index (χ3n) is 1.33. The van der Waals surface area contributed by atoms with Crippen LogP contribution in [0.25, 0.3) is 0 Å². The maximum Gasteiger partial charge on any atom is 0.425 e. The SMILES string of the molecule is CCCOP1(F)=NP(F)(F)=NP(F)(F)=NP(F)(F)=N1. The van der Waals surface area contributed by atoms with Crippen molar-refractivity contribution in [3.63, 3.8) is 0 Å². The first-order valence-corrected chi connectivity index (χ1v) is 10.4. The van der Waals surface area contributed by atoms with Crippen LogP contribution in [0.15, 0.2) is 18.1 Å². The molecule has 1 heterocycles. The summed E-state index contributed by atoms with van der Waals surface area (Å²) in [6.07, 6.45) is 0.113. The van der Waals surface area contributed by atoms with E-state index in [0.717, 1.165) is 0 Å². The smallest absolute Gasteiger partial charge is 0.303 e. The molecule has 0 aliphatic carbocycles. The van der Waals surface area contributed by atoms with Crippen molar-refractivity contribution >= 4 is 31.2 Å². The molecule has 0 radical (unpaired) electrons. The normalized spacial score (nSPS) is 31.8. The van der Waals surface area contributed by atoms with Crippen molar-refractivity contribution in [3.05, 3.63) is 0 Å². The van der Waals surface area contributed by atoms with Gasteiger partial charge in [0.25, 0.3) is 0 Å². The molecular weight excluding hydrogens is 365 g/mol. The molecule has 0 aromatic carbocycles. The van der Waals surface area contributed by atoms with Gasteiger partial charge in [-0.1, -0.05) is 6.92 Å². The van der Waals surface area contributed by atoms with Crippen LogP contribution >= 0.6 is 31.2 Å². The summed E-state index contributed by atoms with van der Waals surface area (Å²) in [6.45, 7) is 0.939. The Morgan fingerprint density at radius 1 is 0.737 bits per heavy atom. The zero-order chi connectivity index (χ0) is 14.9. The first-order chi connectivity index (χ1) is 8.39. The van der Waals surface area contributed by atoms with Crippen LogP contribution in [0.4, 0.5) is 29.4 Å². The van der Waals surface area contributed by atoms with Gasteiger partial charge in [-0.3, -0.25) is 0 Å². The standard InChI is InChI=1S/C3H7F7N4OP4/c1-2-3-15-19(10)13-17(6,7)11-16(4,5)12-18(8,9)14-19/h2-3H2,1H3. The molecule has 1 rings (SSSR count). The molecule has 1 aliphatic heterocycles. The number of halogens is 7. The second-order valence-electron chi connectivity index (χ2n) is 3.03. The van der Waals surface area contributed by atoms with E-state index in [1.165, 1.54) is 6.92 Å². The fraction of sp³-hybridized carbons (Fsp3) is 1.00. The van der Waals surface area contributed by atoms with Crippen molar-refractivity contribution in [1.82, 2.24) is 0 Å². The zero-order valence-electron chi connectivity index (χ0n) is 9.05. The Balaban J connectivity index is 3.52. The van der Waals surface area contributed by atoms with Gasteiger partial charge in [-0.15, -0.1) is 43.2 Å². The van der Waals surface area contributed by atoms with Gasteiger partial charge in [0.05, 0.1) is 6.61 Å². The van der Waals surface area contributed by atoms with E-state index in [2.05, 4.69) is 4.52 Å². The lowest BCUT2D eigenvalue weighted by Crippen LogP contribution is -1.86. The summed E-state index contributed by atoms with van der Waals surface area (Å²) >= 11 is 0. The molecule has 1 aliphatic rings. The molecule has 16 heteroatoms. The molecule has 0 saturated carbocycles. The van der Waals surface area contributed by atoms with Crippen LogP contribution in [0.3, 0.4) is 0 Å². The van der Waals surface area contributed by atoms with E-state index in [0.29, 0.717) is 0 Å². The van der Waals surface area contributed by atoms with Crippen LogP contribution in [-0.2, 0) is 4.52 Å². The van der Waals surface area contributed by atoms with Gasteiger partial charge < -0.3 is 4.52 Å². The lowest BCUT2D eigenvalue weighted by molar-refractivity contribution is 0.325. The van der Waals surface area contributed by atoms with Gasteiger partial charge in [-0.2, -0.15) is 4.20 Å². The van der Waals surface area contributed by atoms with E-state index in [9.17, 15) is 29.4 Å². The van der Waals surface area contributed by atoms with Gasteiger partial charge >= 0.3 is 31.2 Å². The van der Waals surface area contributed by atoms with Crippen LogP contribution in [0.5, 0.6) is 0 Å². The summed E-state index contributed by atoms with van der Waals surface area (Å²) in [7, 11) is -24.0. The predicted molar refractivity (Wildman–Crippen MR) is 61.4 cm³/mol. The molecule has 114 valence electrons. The highest BCUT2D eigenvalue weighted by molar-refractivity contribution is 7.77. The Morgan fingerprint density at radius 2 is 1.16 bits per heavy atom.